The summed E-state index contributed by atoms with van der Waals surface area (Å²) in [6.45, 7) is 5.82. The Hall–Kier alpha value is -3.09. The SMILES string of the molecule is Fc1ccc(Cc2nc3cccnc3n2C2CCN(C3CCN(CCc4ccccc4)CC3)CC2)cc1. The zero-order chi connectivity index (χ0) is 25.0. The molecule has 2 aliphatic heterocycles. The summed E-state index contributed by atoms with van der Waals surface area (Å²) in [5, 5.41) is 0. The van der Waals surface area contributed by atoms with Gasteiger partial charge < -0.3 is 14.4 Å². The highest BCUT2D eigenvalue weighted by Crippen LogP contribution is 2.31. The number of hydrogen-bond acceptors (Lipinski definition) is 4. The highest BCUT2D eigenvalue weighted by molar-refractivity contribution is 5.71. The van der Waals surface area contributed by atoms with Gasteiger partial charge in [-0.15, -0.1) is 0 Å². The van der Waals surface area contributed by atoms with Crippen LogP contribution in [0.5, 0.6) is 0 Å². The molecule has 192 valence electrons. The van der Waals surface area contributed by atoms with Crippen LogP contribution in [-0.4, -0.2) is 63.1 Å². The predicted molar refractivity (Wildman–Crippen MR) is 146 cm³/mol. The van der Waals surface area contributed by atoms with E-state index in [2.05, 4.69) is 44.7 Å². The van der Waals surface area contributed by atoms with Crippen molar-refractivity contribution in [3.63, 3.8) is 0 Å². The van der Waals surface area contributed by atoms with E-state index in [4.69, 9.17) is 9.97 Å². The van der Waals surface area contributed by atoms with Gasteiger partial charge in [0.25, 0.3) is 0 Å². The van der Waals surface area contributed by atoms with E-state index in [1.807, 2.05) is 30.5 Å². The fourth-order valence-electron chi connectivity index (χ4n) is 6.22. The average molecular weight is 498 g/mol. The van der Waals surface area contributed by atoms with Gasteiger partial charge in [-0.1, -0.05) is 42.5 Å². The molecule has 6 heteroatoms. The van der Waals surface area contributed by atoms with Crippen LogP contribution in [0.2, 0.25) is 0 Å². The predicted octanol–water partition coefficient (Wildman–Crippen LogP) is 5.51. The van der Waals surface area contributed by atoms with Crippen molar-refractivity contribution in [2.75, 3.05) is 32.7 Å². The molecule has 2 aromatic carbocycles. The van der Waals surface area contributed by atoms with Crippen LogP contribution in [0.15, 0.2) is 72.9 Å². The summed E-state index contributed by atoms with van der Waals surface area (Å²) >= 11 is 0. The van der Waals surface area contributed by atoms with Gasteiger partial charge in [0.2, 0.25) is 0 Å². The number of halogens is 1. The second kappa shape index (κ2) is 11.1. The van der Waals surface area contributed by atoms with Crippen molar-refractivity contribution in [3.05, 3.63) is 95.7 Å². The van der Waals surface area contributed by atoms with Crippen molar-refractivity contribution in [1.82, 2.24) is 24.3 Å². The van der Waals surface area contributed by atoms with Crippen LogP contribution in [0.4, 0.5) is 4.39 Å². The number of aromatic nitrogens is 3. The lowest BCUT2D eigenvalue weighted by atomic mass is 9.97. The molecule has 4 aromatic rings. The van der Waals surface area contributed by atoms with E-state index < -0.39 is 0 Å². The molecule has 0 saturated carbocycles. The summed E-state index contributed by atoms with van der Waals surface area (Å²) in [5.41, 5.74) is 4.44. The maximum absolute atomic E-state index is 13.4. The van der Waals surface area contributed by atoms with Crippen LogP contribution >= 0.6 is 0 Å². The molecule has 37 heavy (non-hydrogen) atoms. The second-order valence-electron chi connectivity index (χ2n) is 10.6. The van der Waals surface area contributed by atoms with Crippen LogP contribution in [0, 0.1) is 5.82 Å². The molecular weight excluding hydrogens is 461 g/mol. The minimum atomic E-state index is -0.201. The van der Waals surface area contributed by atoms with Crippen LogP contribution < -0.4 is 0 Å². The second-order valence-corrected chi connectivity index (χ2v) is 10.6. The Bertz CT molecular complexity index is 1290. The number of piperidine rings is 2. The van der Waals surface area contributed by atoms with E-state index in [1.165, 1.54) is 43.6 Å². The first-order chi connectivity index (χ1) is 18.2. The lowest BCUT2D eigenvalue weighted by molar-refractivity contribution is 0.0798. The number of pyridine rings is 1. The fraction of sp³-hybridized carbons (Fsp3) is 0.419. The molecule has 2 aliphatic rings. The first-order valence-electron chi connectivity index (χ1n) is 13.8. The molecule has 5 nitrogen and oxygen atoms in total. The Balaban J connectivity index is 1.07. The van der Waals surface area contributed by atoms with Crippen LogP contribution in [0.3, 0.4) is 0 Å². The monoisotopic (exact) mass is 497 g/mol. The molecule has 0 N–H and O–H groups in total. The number of nitrogens with zero attached hydrogens (tertiary/aromatic N) is 5. The van der Waals surface area contributed by atoms with E-state index in [-0.39, 0.29) is 5.82 Å². The third kappa shape index (κ3) is 5.60. The molecular formula is C31H36FN5. The van der Waals surface area contributed by atoms with Gasteiger partial charge in [-0.25, -0.2) is 14.4 Å². The fourth-order valence-corrected chi connectivity index (χ4v) is 6.22. The summed E-state index contributed by atoms with van der Waals surface area (Å²) in [7, 11) is 0. The first-order valence-corrected chi connectivity index (χ1v) is 13.8. The van der Waals surface area contributed by atoms with E-state index in [1.54, 1.807) is 0 Å². The summed E-state index contributed by atoms with van der Waals surface area (Å²) in [6.07, 6.45) is 8.47. The van der Waals surface area contributed by atoms with Crippen molar-refractivity contribution in [2.24, 2.45) is 0 Å². The van der Waals surface area contributed by atoms with E-state index in [0.29, 0.717) is 18.5 Å². The summed E-state index contributed by atoms with van der Waals surface area (Å²) < 4.78 is 15.8. The zero-order valence-corrected chi connectivity index (χ0v) is 21.5. The Morgan fingerprint density at radius 2 is 1.49 bits per heavy atom. The molecule has 0 amide bonds. The van der Waals surface area contributed by atoms with Gasteiger partial charge in [0, 0.05) is 44.3 Å². The third-order valence-corrected chi connectivity index (χ3v) is 8.29. The summed E-state index contributed by atoms with van der Waals surface area (Å²) in [6, 6.07) is 22.7. The number of likely N-dealkylation sites (tertiary alicyclic amines) is 2. The number of benzene rings is 2. The van der Waals surface area contributed by atoms with Gasteiger partial charge in [-0.2, -0.15) is 0 Å². The number of rotatable bonds is 7. The van der Waals surface area contributed by atoms with Gasteiger partial charge in [0.15, 0.2) is 5.65 Å². The maximum Gasteiger partial charge on any atom is 0.160 e. The quantitative estimate of drug-likeness (QED) is 0.338. The summed E-state index contributed by atoms with van der Waals surface area (Å²) in [5.74, 6) is 0.832. The molecule has 0 bridgehead atoms. The normalized spacial score (nSPS) is 18.5. The van der Waals surface area contributed by atoms with Gasteiger partial charge in [-0.05, 0) is 80.6 Å². The van der Waals surface area contributed by atoms with E-state index in [0.717, 1.165) is 61.4 Å². The van der Waals surface area contributed by atoms with Crippen molar-refractivity contribution in [1.29, 1.82) is 0 Å². The van der Waals surface area contributed by atoms with Crippen LogP contribution in [0.1, 0.15) is 48.7 Å². The molecule has 2 fully saturated rings. The molecule has 0 unspecified atom stereocenters. The van der Waals surface area contributed by atoms with Gasteiger partial charge >= 0.3 is 0 Å². The highest BCUT2D eigenvalue weighted by atomic mass is 19.1. The third-order valence-electron chi connectivity index (χ3n) is 8.29. The van der Waals surface area contributed by atoms with Crippen molar-refractivity contribution >= 4 is 11.2 Å². The smallest absolute Gasteiger partial charge is 0.160 e. The minimum Gasteiger partial charge on any atom is -0.309 e. The molecule has 0 spiro atoms. The lowest BCUT2D eigenvalue weighted by Crippen LogP contribution is -2.48. The van der Waals surface area contributed by atoms with Gasteiger partial charge in [0.05, 0.1) is 0 Å². The molecule has 0 radical (unpaired) electrons. The van der Waals surface area contributed by atoms with E-state index in [9.17, 15) is 4.39 Å². The summed E-state index contributed by atoms with van der Waals surface area (Å²) in [4.78, 5) is 15.0. The van der Waals surface area contributed by atoms with Crippen molar-refractivity contribution < 1.29 is 4.39 Å². The first kappa shape index (κ1) is 24.3. The van der Waals surface area contributed by atoms with Gasteiger partial charge in [-0.3, -0.25) is 0 Å². The Kier molecular flexibility index (Phi) is 7.29. The Morgan fingerprint density at radius 1 is 0.757 bits per heavy atom. The van der Waals surface area contributed by atoms with Crippen molar-refractivity contribution in [2.45, 2.75) is 50.6 Å². The minimum absolute atomic E-state index is 0.201. The lowest BCUT2D eigenvalue weighted by Gasteiger charge is -2.42. The molecule has 4 heterocycles. The Morgan fingerprint density at radius 3 is 2.24 bits per heavy atom. The molecule has 0 aliphatic carbocycles. The molecule has 2 aromatic heterocycles. The van der Waals surface area contributed by atoms with Crippen molar-refractivity contribution in [3.8, 4) is 0 Å². The highest BCUT2D eigenvalue weighted by Gasteiger charge is 2.30. The largest absolute Gasteiger partial charge is 0.309 e. The number of hydrogen-bond donors (Lipinski definition) is 0. The topological polar surface area (TPSA) is 37.2 Å². The van der Waals surface area contributed by atoms with Crippen LogP contribution in [-0.2, 0) is 12.8 Å². The number of fused-ring (bicyclic) bond motifs is 1. The Labute approximate surface area is 219 Å². The van der Waals surface area contributed by atoms with Crippen LogP contribution in [0.25, 0.3) is 11.2 Å². The molecule has 0 atom stereocenters. The molecule has 6 rings (SSSR count). The average Bonchev–Trinajstić information content (AvgIpc) is 3.32. The zero-order valence-electron chi connectivity index (χ0n) is 21.5. The molecule has 2 saturated heterocycles. The van der Waals surface area contributed by atoms with E-state index >= 15 is 0 Å². The van der Waals surface area contributed by atoms with Gasteiger partial charge in [0.1, 0.15) is 17.2 Å². The number of imidazole rings is 1. The maximum atomic E-state index is 13.4. The standard InChI is InChI=1S/C31H36FN5/c32-26-10-8-25(9-11-26)23-30-34-29-7-4-17-33-31(29)37(30)28-15-21-36(22-16-28)27-13-19-35(20-14-27)18-12-24-5-2-1-3-6-24/h1-11,17,27-28H,12-16,18-23H2.